The van der Waals surface area contributed by atoms with E-state index in [9.17, 15) is 0 Å². The molecule has 0 saturated carbocycles. The second kappa shape index (κ2) is 4.47. The van der Waals surface area contributed by atoms with Crippen LogP contribution in [-0.2, 0) is 0 Å². The van der Waals surface area contributed by atoms with Gasteiger partial charge in [0.25, 0.3) is 0 Å². The van der Waals surface area contributed by atoms with Gasteiger partial charge in [0, 0.05) is 5.75 Å². The molecular formula is C5H11NS. The average molecular weight is 117 g/mol. The van der Waals surface area contributed by atoms with Crippen molar-refractivity contribution in [3.8, 4) is 0 Å². The molecule has 7 heavy (non-hydrogen) atoms. The first kappa shape index (κ1) is 7.31. The molecule has 0 amide bonds. The van der Waals surface area contributed by atoms with Gasteiger partial charge in [-0.1, -0.05) is 0 Å². The molecule has 0 unspecified atom stereocenters. The van der Waals surface area contributed by atoms with Crippen LogP contribution in [0.2, 0.25) is 0 Å². The minimum atomic E-state index is 0.993. The Morgan fingerprint density at radius 3 is 2.29 bits per heavy atom. The molecule has 0 atom stereocenters. The maximum atomic E-state index is 3.09. The Hall–Kier alpha value is 0.310. The Labute approximate surface area is 50.1 Å². The van der Waals surface area contributed by atoms with E-state index in [1.54, 1.807) is 11.8 Å². The highest BCUT2D eigenvalue weighted by Crippen LogP contribution is 1.94. The number of thioether (sulfide) groups is 1. The Morgan fingerprint density at radius 2 is 2.14 bits per heavy atom. The van der Waals surface area contributed by atoms with Gasteiger partial charge in [0.05, 0.1) is 6.54 Å². The Bertz CT molecular complexity index is 37.1. The van der Waals surface area contributed by atoms with Crippen molar-refractivity contribution >= 4 is 11.8 Å². The molecule has 0 aromatic carbocycles. The molecule has 0 bridgehead atoms. The van der Waals surface area contributed by atoms with E-state index < -0.39 is 0 Å². The lowest BCUT2D eigenvalue weighted by Crippen LogP contribution is -2.08. The summed E-state index contributed by atoms with van der Waals surface area (Å²) in [6.45, 7) is 3.09. The lowest BCUT2D eigenvalue weighted by Gasteiger charge is -2.03. The quantitative estimate of drug-likeness (QED) is 0.506. The largest absolute Gasteiger partial charge is 0.299 e. The van der Waals surface area contributed by atoms with Gasteiger partial charge < -0.3 is 0 Å². The summed E-state index contributed by atoms with van der Waals surface area (Å²) in [5.41, 5.74) is 0. The summed E-state index contributed by atoms with van der Waals surface area (Å²) in [5, 5.41) is 0. The van der Waals surface area contributed by atoms with Crippen LogP contribution in [0.25, 0.3) is 0 Å². The SMILES string of the molecule is CSC[C]N(C)C. The van der Waals surface area contributed by atoms with E-state index in [1.807, 2.05) is 19.0 Å². The van der Waals surface area contributed by atoms with Gasteiger partial charge in [0.2, 0.25) is 0 Å². The molecule has 0 rings (SSSR count). The molecule has 0 heterocycles. The molecular weight excluding hydrogens is 106 g/mol. The third-order valence-corrected chi connectivity index (χ3v) is 0.943. The predicted molar refractivity (Wildman–Crippen MR) is 35.3 cm³/mol. The fraction of sp³-hybridized carbons (Fsp3) is 0.800. The summed E-state index contributed by atoms with van der Waals surface area (Å²) in [4.78, 5) is 1.94. The Kier molecular flexibility index (Phi) is 4.67. The van der Waals surface area contributed by atoms with Crippen LogP contribution >= 0.6 is 11.8 Å². The zero-order valence-corrected chi connectivity index (χ0v) is 5.88. The van der Waals surface area contributed by atoms with Gasteiger partial charge in [-0.2, -0.15) is 11.8 Å². The maximum absolute atomic E-state index is 3.09. The highest BCUT2D eigenvalue weighted by atomic mass is 32.2. The first-order chi connectivity index (χ1) is 3.27. The van der Waals surface area contributed by atoms with Gasteiger partial charge in [-0.25, -0.2) is 0 Å². The van der Waals surface area contributed by atoms with Crippen LogP contribution in [0, 0.1) is 6.54 Å². The van der Waals surface area contributed by atoms with Crippen LogP contribution in [0.3, 0.4) is 0 Å². The molecule has 0 fully saturated rings. The molecule has 2 radical (unpaired) electrons. The van der Waals surface area contributed by atoms with Crippen molar-refractivity contribution in [1.82, 2.24) is 4.90 Å². The first-order valence-electron chi connectivity index (χ1n) is 2.17. The molecule has 0 aromatic rings. The van der Waals surface area contributed by atoms with Crippen molar-refractivity contribution in [2.24, 2.45) is 0 Å². The predicted octanol–water partition coefficient (Wildman–Crippen LogP) is 0.950. The van der Waals surface area contributed by atoms with E-state index in [0.717, 1.165) is 5.75 Å². The van der Waals surface area contributed by atoms with Crippen LogP contribution in [0.15, 0.2) is 0 Å². The van der Waals surface area contributed by atoms with Crippen molar-refractivity contribution in [1.29, 1.82) is 0 Å². The van der Waals surface area contributed by atoms with E-state index in [4.69, 9.17) is 0 Å². The topological polar surface area (TPSA) is 3.24 Å². The number of rotatable bonds is 3. The average Bonchev–Trinajstić information content (AvgIpc) is 1.61. The second-order valence-electron chi connectivity index (χ2n) is 1.49. The highest BCUT2D eigenvalue weighted by molar-refractivity contribution is 7.98. The van der Waals surface area contributed by atoms with Crippen molar-refractivity contribution in [3.05, 3.63) is 6.54 Å². The van der Waals surface area contributed by atoms with Crippen LogP contribution in [0.5, 0.6) is 0 Å². The number of hydrogen-bond acceptors (Lipinski definition) is 2. The molecule has 0 aliphatic heterocycles. The van der Waals surface area contributed by atoms with Gasteiger partial charge in [0.15, 0.2) is 0 Å². The van der Waals surface area contributed by atoms with E-state index in [-0.39, 0.29) is 0 Å². The molecule has 2 heteroatoms. The lowest BCUT2D eigenvalue weighted by atomic mass is 10.7. The molecule has 42 valence electrons. The summed E-state index contributed by atoms with van der Waals surface area (Å²) >= 11 is 1.78. The zero-order chi connectivity index (χ0) is 5.70. The lowest BCUT2D eigenvalue weighted by molar-refractivity contribution is 0.507. The zero-order valence-electron chi connectivity index (χ0n) is 5.06. The molecule has 0 saturated heterocycles. The summed E-state index contributed by atoms with van der Waals surface area (Å²) < 4.78 is 0. The summed E-state index contributed by atoms with van der Waals surface area (Å²) in [5.74, 6) is 0.993. The first-order valence-corrected chi connectivity index (χ1v) is 3.56. The van der Waals surface area contributed by atoms with Crippen molar-refractivity contribution in [2.45, 2.75) is 0 Å². The molecule has 0 N–H and O–H groups in total. The van der Waals surface area contributed by atoms with Crippen LogP contribution in [0.4, 0.5) is 0 Å². The van der Waals surface area contributed by atoms with Crippen LogP contribution in [0.1, 0.15) is 0 Å². The van der Waals surface area contributed by atoms with Crippen molar-refractivity contribution in [3.63, 3.8) is 0 Å². The third kappa shape index (κ3) is 6.31. The van der Waals surface area contributed by atoms with Gasteiger partial charge in [-0.3, -0.25) is 4.90 Å². The summed E-state index contributed by atoms with van der Waals surface area (Å²) in [6, 6.07) is 0. The van der Waals surface area contributed by atoms with Crippen LogP contribution in [-0.4, -0.2) is 31.0 Å². The normalized spacial score (nSPS) is 10.3. The molecule has 0 aromatic heterocycles. The van der Waals surface area contributed by atoms with E-state index in [2.05, 4.69) is 12.8 Å². The van der Waals surface area contributed by atoms with E-state index in [0.29, 0.717) is 0 Å². The highest BCUT2D eigenvalue weighted by Gasteiger charge is 1.86. The van der Waals surface area contributed by atoms with Gasteiger partial charge in [-0.15, -0.1) is 0 Å². The minimum absolute atomic E-state index is 0.993. The van der Waals surface area contributed by atoms with Crippen molar-refractivity contribution in [2.75, 3.05) is 26.1 Å². The number of nitrogens with zero attached hydrogens (tertiary/aromatic N) is 1. The van der Waals surface area contributed by atoms with E-state index in [1.165, 1.54) is 0 Å². The summed E-state index contributed by atoms with van der Waals surface area (Å²) in [6.07, 6.45) is 2.07. The van der Waals surface area contributed by atoms with E-state index >= 15 is 0 Å². The minimum Gasteiger partial charge on any atom is -0.299 e. The fourth-order valence-corrected chi connectivity index (χ4v) is 0.581. The standard InChI is InChI=1S/C5H11NS/c1-6(2)4-5-7-3/h5H2,1-3H3. The molecule has 1 nitrogen and oxygen atoms in total. The smallest absolute Gasteiger partial charge is 0.0718 e. The van der Waals surface area contributed by atoms with Gasteiger partial charge >= 0.3 is 0 Å². The van der Waals surface area contributed by atoms with Gasteiger partial charge in [0.1, 0.15) is 0 Å². The summed E-state index contributed by atoms with van der Waals surface area (Å²) in [7, 11) is 3.96. The molecule has 0 aliphatic rings. The third-order valence-electron chi connectivity index (χ3n) is 0.525. The maximum Gasteiger partial charge on any atom is 0.0718 e. The molecule has 0 spiro atoms. The monoisotopic (exact) mass is 117 g/mol. The Balaban J connectivity index is 2.68. The fourth-order valence-electron chi connectivity index (χ4n) is 0.194. The Morgan fingerprint density at radius 1 is 1.57 bits per heavy atom. The van der Waals surface area contributed by atoms with Gasteiger partial charge in [-0.05, 0) is 20.4 Å². The number of hydrogen-bond donors (Lipinski definition) is 0. The second-order valence-corrected chi connectivity index (χ2v) is 2.35. The van der Waals surface area contributed by atoms with Crippen LogP contribution < -0.4 is 0 Å². The molecule has 0 aliphatic carbocycles. The van der Waals surface area contributed by atoms with Crippen molar-refractivity contribution < 1.29 is 0 Å².